The Hall–Kier alpha value is -4.57. The quantitative estimate of drug-likeness (QED) is 0.169. The van der Waals surface area contributed by atoms with E-state index in [0.29, 0.717) is 23.2 Å². The number of carbonyl (C=O) groups excluding carboxylic acids is 4. The van der Waals surface area contributed by atoms with E-state index in [0.717, 1.165) is 11.1 Å². The van der Waals surface area contributed by atoms with Gasteiger partial charge in [0.1, 0.15) is 0 Å². The molecule has 0 aromatic heterocycles. The molecule has 0 aliphatic carbocycles. The van der Waals surface area contributed by atoms with Gasteiger partial charge in [-0.3, -0.25) is 30.0 Å². The summed E-state index contributed by atoms with van der Waals surface area (Å²) in [6.07, 6.45) is 0.380. The number of thiocarbonyl (C=S) groups is 1. The minimum absolute atomic E-state index is 0.00571. The minimum atomic E-state index is -0.501. The highest BCUT2D eigenvalue weighted by atomic mass is 32.1. The molecule has 0 saturated heterocycles. The number of nitrogens with one attached hydrogen (secondary N) is 4. The van der Waals surface area contributed by atoms with Crippen molar-refractivity contribution < 1.29 is 23.9 Å². The van der Waals surface area contributed by atoms with Gasteiger partial charge in [-0.05, 0) is 65.2 Å². The first-order chi connectivity index (χ1) is 19.5. The number of hydrazine groups is 1. The predicted molar refractivity (Wildman–Crippen MR) is 161 cm³/mol. The zero-order chi connectivity index (χ0) is 29.8. The summed E-state index contributed by atoms with van der Waals surface area (Å²) in [4.78, 5) is 48.9. The van der Waals surface area contributed by atoms with Gasteiger partial charge >= 0.3 is 5.97 Å². The fourth-order valence-electron chi connectivity index (χ4n) is 3.65. The van der Waals surface area contributed by atoms with Gasteiger partial charge in [0.15, 0.2) is 5.11 Å². The Kier molecular flexibility index (Phi) is 11.1. The molecule has 0 spiro atoms. The molecule has 0 aliphatic heterocycles. The second-order valence-corrected chi connectivity index (χ2v) is 10.7. The highest BCUT2D eigenvalue weighted by Crippen LogP contribution is 2.22. The first kappa shape index (κ1) is 31.0. The zero-order valence-electron chi connectivity index (χ0n) is 23.3. The van der Waals surface area contributed by atoms with Crippen LogP contribution in [0, 0.1) is 0 Å². The molecule has 3 rings (SSSR count). The largest absolute Gasteiger partial charge is 0.465 e. The van der Waals surface area contributed by atoms with E-state index in [9.17, 15) is 19.2 Å². The molecule has 0 fully saturated rings. The molecule has 10 heteroatoms. The fourth-order valence-corrected chi connectivity index (χ4v) is 3.82. The number of rotatable bonds is 9. The third kappa shape index (κ3) is 10.5. The fraction of sp³-hybridized carbons (Fsp3) is 0.258. The Morgan fingerprint density at radius 3 is 2.00 bits per heavy atom. The van der Waals surface area contributed by atoms with Crippen LogP contribution in [-0.4, -0.2) is 35.4 Å². The second-order valence-electron chi connectivity index (χ2n) is 10.3. The number of amides is 3. The summed E-state index contributed by atoms with van der Waals surface area (Å²) in [5.41, 5.74) is 8.38. The average Bonchev–Trinajstić information content (AvgIpc) is 2.95. The molecule has 3 aromatic carbocycles. The SMILES string of the molecule is CC(C)(C)c1ccc(C(=O)Nc2ccc(C(=O)NNC(=S)NC(=O)CCC(=O)OCCc3ccccc3)cc2)cc1. The molecule has 0 aliphatic rings. The van der Waals surface area contributed by atoms with Crippen LogP contribution in [0.4, 0.5) is 5.69 Å². The summed E-state index contributed by atoms with van der Waals surface area (Å²) in [6, 6.07) is 23.3. The molecule has 4 N–H and O–H groups in total. The van der Waals surface area contributed by atoms with Crippen LogP contribution < -0.4 is 21.5 Å². The van der Waals surface area contributed by atoms with Crippen LogP contribution in [0.15, 0.2) is 78.9 Å². The molecule has 3 amide bonds. The summed E-state index contributed by atoms with van der Waals surface area (Å²) in [5.74, 6) is -1.74. The molecule has 3 aromatic rings. The van der Waals surface area contributed by atoms with Gasteiger partial charge in [0.2, 0.25) is 5.91 Å². The topological polar surface area (TPSA) is 126 Å². The molecule has 9 nitrogen and oxygen atoms in total. The van der Waals surface area contributed by atoms with E-state index in [1.54, 1.807) is 36.4 Å². The van der Waals surface area contributed by atoms with E-state index >= 15 is 0 Å². The van der Waals surface area contributed by atoms with Crippen molar-refractivity contribution in [3.05, 3.63) is 101 Å². The van der Waals surface area contributed by atoms with E-state index < -0.39 is 17.8 Å². The van der Waals surface area contributed by atoms with Crippen LogP contribution in [0.5, 0.6) is 0 Å². The third-order valence-electron chi connectivity index (χ3n) is 6.01. The van der Waals surface area contributed by atoms with E-state index in [2.05, 4.69) is 42.3 Å². The van der Waals surface area contributed by atoms with Gasteiger partial charge in [-0.2, -0.15) is 0 Å². The van der Waals surface area contributed by atoms with E-state index in [-0.39, 0.29) is 35.9 Å². The molecule has 0 bridgehead atoms. The van der Waals surface area contributed by atoms with Gasteiger partial charge in [0, 0.05) is 29.7 Å². The first-order valence-corrected chi connectivity index (χ1v) is 13.5. The van der Waals surface area contributed by atoms with Gasteiger partial charge in [-0.1, -0.05) is 63.2 Å². The smallest absolute Gasteiger partial charge is 0.306 e. The summed E-state index contributed by atoms with van der Waals surface area (Å²) < 4.78 is 5.15. The van der Waals surface area contributed by atoms with Crippen LogP contribution in [0.25, 0.3) is 0 Å². The molecule has 0 heterocycles. The van der Waals surface area contributed by atoms with Crippen molar-refractivity contribution in [2.24, 2.45) is 0 Å². The average molecular weight is 575 g/mol. The van der Waals surface area contributed by atoms with Crippen molar-refractivity contribution in [2.45, 2.75) is 45.4 Å². The van der Waals surface area contributed by atoms with Crippen molar-refractivity contribution in [1.29, 1.82) is 0 Å². The van der Waals surface area contributed by atoms with E-state index in [4.69, 9.17) is 17.0 Å². The number of ether oxygens (including phenoxy) is 1. The summed E-state index contributed by atoms with van der Waals surface area (Å²) >= 11 is 5.02. The minimum Gasteiger partial charge on any atom is -0.465 e. The lowest BCUT2D eigenvalue weighted by atomic mass is 9.87. The number of esters is 1. The molecule has 0 radical (unpaired) electrons. The zero-order valence-corrected chi connectivity index (χ0v) is 24.1. The normalized spacial score (nSPS) is 10.7. The molecular weight excluding hydrogens is 540 g/mol. The third-order valence-corrected chi connectivity index (χ3v) is 6.22. The van der Waals surface area contributed by atoms with Gasteiger partial charge < -0.3 is 15.4 Å². The highest BCUT2D eigenvalue weighted by Gasteiger charge is 2.15. The molecular formula is C31H34N4O5S. The Morgan fingerprint density at radius 2 is 1.37 bits per heavy atom. The number of anilines is 1. The monoisotopic (exact) mass is 574 g/mol. The van der Waals surface area contributed by atoms with Crippen molar-refractivity contribution in [2.75, 3.05) is 11.9 Å². The maximum atomic E-state index is 12.6. The van der Waals surface area contributed by atoms with Crippen molar-refractivity contribution in [1.82, 2.24) is 16.2 Å². The maximum absolute atomic E-state index is 12.6. The molecule has 0 unspecified atom stereocenters. The first-order valence-electron chi connectivity index (χ1n) is 13.1. The number of benzene rings is 3. The van der Waals surface area contributed by atoms with Crippen LogP contribution in [0.2, 0.25) is 0 Å². The standard InChI is InChI=1S/C31H34N4O5S/c1-31(2,3)24-13-9-22(10-14-24)28(38)32-25-15-11-23(12-16-25)29(39)34-35-30(41)33-26(36)17-18-27(37)40-20-19-21-7-5-4-6-8-21/h4-16H,17-20H2,1-3H3,(H,32,38)(H,34,39)(H2,33,35,36,41). The number of hydrogen-bond acceptors (Lipinski definition) is 6. The van der Waals surface area contributed by atoms with Crippen molar-refractivity contribution in [3.63, 3.8) is 0 Å². The van der Waals surface area contributed by atoms with Crippen LogP contribution in [-0.2, 0) is 26.2 Å². The predicted octanol–water partition coefficient (Wildman–Crippen LogP) is 4.44. The molecule has 0 atom stereocenters. The molecule has 41 heavy (non-hydrogen) atoms. The number of carbonyl (C=O) groups is 4. The van der Waals surface area contributed by atoms with E-state index in [1.807, 2.05) is 42.5 Å². The maximum Gasteiger partial charge on any atom is 0.306 e. The highest BCUT2D eigenvalue weighted by molar-refractivity contribution is 7.80. The molecule has 214 valence electrons. The van der Waals surface area contributed by atoms with Crippen molar-refractivity contribution >= 4 is 46.7 Å². The Bertz CT molecular complexity index is 1370. The van der Waals surface area contributed by atoms with Crippen LogP contribution in [0.3, 0.4) is 0 Å². The summed E-state index contributed by atoms with van der Waals surface area (Å²) in [6.45, 7) is 6.55. The number of hydrogen-bond donors (Lipinski definition) is 4. The lowest BCUT2D eigenvalue weighted by Crippen LogP contribution is -2.48. The van der Waals surface area contributed by atoms with Gasteiger partial charge in [-0.25, -0.2) is 0 Å². The van der Waals surface area contributed by atoms with Crippen molar-refractivity contribution in [3.8, 4) is 0 Å². The Balaban J connectivity index is 1.35. The van der Waals surface area contributed by atoms with Gasteiger partial charge in [-0.15, -0.1) is 0 Å². The molecule has 0 saturated carbocycles. The summed E-state index contributed by atoms with van der Waals surface area (Å²) in [5, 5.41) is 5.08. The van der Waals surface area contributed by atoms with Crippen LogP contribution in [0.1, 0.15) is 65.5 Å². The Morgan fingerprint density at radius 1 is 0.756 bits per heavy atom. The van der Waals surface area contributed by atoms with Gasteiger partial charge in [0.05, 0.1) is 13.0 Å². The summed E-state index contributed by atoms with van der Waals surface area (Å²) in [7, 11) is 0. The lowest BCUT2D eigenvalue weighted by molar-refractivity contribution is -0.144. The van der Waals surface area contributed by atoms with Gasteiger partial charge in [0.25, 0.3) is 11.8 Å². The Labute approximate surface area is 245 Å². The lowest BCUT2D eigenvalue weighted by Gasteiger charge is -2.19. The van der Waals surface area contributed by atoms with E-state index in [1.165, 1.54) is 0 Å². The van der Waals surface area contributed by atoms with Crippen LogP contribution >= 0.6 is 12.2 Å². The second kappa shape index (κ2) is 14.7.